The third kappa shape index (κ3) is 3.68. The lowest BCUT2D eigenvalue weighted by Crippen LogP contribution is -2.44. The average molecular weight is 285 g/mol. The van der Waals surface area contributed by atoms with Crippen molar-refractivity contribution in [1.29, 1.82) is 0 Å². The molecule has 0 aliphatic carbocycles. The van der Waals surface area contributed by atoms with E-state index in [-0.39, 0.29) is 10.8 Å². The maximum absolute atomic E-state index is 12.1. The van der Waals surface area contributed by atoms with E-state index in [4.69, 9.17) is 5.73 Å². The molecule has 0 spiro atoms. The molecular weight excluding hydrogens is 266 g/mol. The zero-order valence-electron chi connectivity index (χ0n) is 11.5. The molecule has 1 unspecified atom stereocenters. The average Bonchev–Trinajstić information content (AvgIpc) is 2.30. The van der Waals surface area contributed by atoms with Crippen molar-refractivity contribution >= 4 is 21.6 Å². The van der Waals surface area contributed by atoms with Gasteiger partial charge in [-0.25, -0.2) is 8.42 Å². The Balaban J connectivity index is 2.99. The van der Waals surface area contributed by atoms with Crippen LogP contribution in [0.2, 0.25) is 0 Å². The van der Waals surface area contributed by atoms with E-state index in [0.717, 1.165) is 5.56 Å². The number of sulfonamides is 1. The summed E-state index contributed by atoms with van der Waals surface area (Å²) >= 11 is 0. The minimum atomic E-state index is -3.75. The molecule has 1 aromatic rings. The highest BCUT2D eigenvalue weighted by Gasteiger charge is 2.23. The maximum Gasteiger partial charge on any atom is 0.241 e. The third-order valence-electron chi connectivity index (χ3n) is 2.70. The number of likely N-dealkylation sites (N-methyl/N-ethyl adjacent to an activating group) is 1. The minimum Gasteiger partial charge on any atom is -0.398 e. The molecule has 1 atom stereocenters. The Labute approximate surface area is 113 Å². The molecule has 3 N–H and O–H groups in total. The molecule has 0 aliphatic rings. The van der Waals surface area contributed by atoms with Crippen LogP contribution >= 0.6 is 0 Å². The zero-order valence-corrected chi connectivity index (χ0v) is 12.3. The minimum absolute atomic E-state index is 0.0500. The second-order valence-corrected chi connectivity index (χ2v) is 6.31. The molecule has 1 aromatic carbocycles. The van der Waals surface area contributed by atoms with Crippen LogP contribution < -0.4 is 10.5 Å². The van der Waals surface area contributed by atoms with E-state index in [1.165, 1.54) is 24.0 Å². The van der Waals surface area contributed by atoms with Crippen LogP contribution in [0, 0.1) is 6.92 Å². The van der Waals surface area contributed by atoms with Crippen molar-refractivity contribution in [1.82, 2.24) is 9.62 Å². The van der Waals surface area contributed by atoms with Crippen molar-refractivity contribution in [2.45, 2.75) is 24.8 Å². The van der Waals surface area contributed by atoms with Gasteiger partial charge in [-0.3, -0.25) is 4.79 Å². The number of amides is 1. The fourth-order valence-electron chi connectivity index (χ4n) is 1.52. The highest BCUT2D eigenvalue weighted by Crippen LogP contribution is 2.17. The molecule has 0 saturated heterocycles. The molecule has 6 nitrogen and oxygen atoms in total. The molecule has 1 amide bonds. The van der Waals surface area contributed by atoms with Crippen molar-refractivity contribution < 1.29 is 13.2 Å². The Kier molecular flexibility index (Phi) is 4.54. The first-order valence-corrected chi connectivity index (χ1v) is 7.23. The molecule has 0 radical (unpaired) electrons. The van der Waals surface area contributed by atoms with E-state index in [1.54, 1.807) is 27.1 Å². The van der Waals surface area contributed by atoms with Gasteiger partial charge in [0, 0.05) is 19.8 Å². The lowest BCUT2D eigenvalue weighted by Gasteiger charge is -2.18. The summed E-state index contributed by atoms with van der Waals surface area (Å²) in [6, 6.07) is 3.64. The third-order valence-corrected chi connectivity index (χ3v) is 4.24. The number of aryl methyl sites for hydroxylation is 1. The number of nitrogen functional groups attached to an aromatic ring is 1. The summed E-state index contributed by atoms with van der Waals surface area (Å²) in [7, 11) is -0.622. The smallest absolute Gasteiger partial charge is 0.241 e. The number of carbonyl (C=O) groups is 1. The van der Waals surface area contributed by atoms with Crippen LogP contribution in [0.4, 0.5) is 5.69 Å². The standard InChI is InChI=1S/C12H19N3O3S/c1-8-5-6-10(7-11(8)13)19(17,18)14-9(2)12(16)15(3)4/h5-7,9,14H,13H2,1-4H3. The number of anilines is 1. The second-order valence-electron chi connectivity index (χ2n) is 4.59. The van der Waals surface area contributed by atoms with Crippen LogP contribution in [0.1, 0.15) is 12.5 Å². The van der Waals surface area contributed by atoms with E-state index in [9.17, 15) is 13.2 Å². The largest absolute Gasteiger partial charge is 0.398 e. The van der Waals surface area contributed by atoms with Gasteiger partial charge in [0.25, 0.3) is 0 Å². The lowest BCUT2D eigenvalue weighted by molar-refractivity contribution is -0.130. The van der Waals surface area contributed by atoms with Gasteiger partial charge in [-0.05, 0) is 31.5 Å². The molecule has 1 rings (SSSR count). The first-order chi connectivity index (χ1) is 8.65. The summed E-state index contributed by atoms with van der Waals surface area (Å²) in [5, 5.41) is 0. The Morgan fingerprint density at radius 2 is 1.95 bits per heavy atom. The van der Waals surface area contributed by atoms with E-state index >= 15 is 0 Å². The van der Waals surface area contributed by atoms with Crippen molar-refractivity contribution in [2.24, 2.45) is 0 Å². The monoisotopic (exact) mass is 285 g/mol. The van der Waals surface area contributed by atoms with E-state index in [2.05, 4.69) is 4.72 Å². The number of nitrogens with zero attached hydrogens (tertiary/aromatic N) is 1. The number of benzene rings is 1. The molecule has 0 aliphatic heterocycles. The molecule has 0 bridgehead atoms. The molecule has 0 aromatic heterocycles. The summed E-state index contributed by atoms with van der Waals surface area (Å²) in [5.41, 5.74) is 6.89. The van der Waals surface area contributed by atoms with Gasteiger partial charge < -0.3 is 10.6 Å². The van der Waals surface area contributed by atoms with E-state index < -0.39 is 16.1 Å². The van der Waals surface area contributed by atoms with Gasteiger partial charge in [0.15, 0.2) is 0 Å². The van der Waals surface area contributed by atoms with Gasteiger partial charge in [-0.2, -0.15) is 4.72 Å². The van der Waals surface area contributed by atoms with Gasteiger partial charge in [0.05, 0.1) is 10.9 Å². The fourth-order valence-corrected chi connectivity index (χ4v) is 2.76. The highest BCUT2D eigenvalue weighted by atomic mass is 32.2. The van der Waals surface area contributed by atoms with Crippen LogP contribution in [0.3, 0.4) is 0 Å². The number of nitrogens with one attached hydrogen (secondary N) is 1. The quantitative estimate of drug-likeness (QED) is 0.780. The molecule has 7 heteroatoms. The summed E-state index contributed by atoms with van der Waals surface area (Å²) < 4.78 is 26.5. The van der Waals surface area contributed by atoms with Crippen LogP contribution in [-0.4, -0.2) is 39.4 Å². The van der Waals surface area contributed by atoms with E-state index in [0.29, 0.717) is 5.69 Å². The Hall–Kier alpha value is -1.60. The second kappa shape index (κ2) is 5.58. The van der Waals surface area contributed by atoms with Gasteiger partial charge in [0.1, 0.15) is 0 Å². The zero-order chi connectivity index (χ0) is 14.8. The number of hydrogen-bond acceptors (Lipinski definition) is 4. The molecule has 0 saturated carbocycles. The van der Waals surface area contributed by atoms with Crippen LogP contribution in [0.15, 0.2) is 23.1 Å². The molecule has 19 heavy (non-hydrogen) atoms. The van der Waals surface area contributed by atoms with Crippen LogP contribution in [0.25, 0.3) is 0 Å². The van der Waals surface area contributed by atoms with Crippen molar-refractivity contribution in [2.75, 3.05) is 19.8 Å². The summed E-state index contributed by atoms with van der Waals surface area (Å²) in [6.07, 6.45) is 0. The number of rotatable bonds is 4. The predicted molar refractivity (Wildman–Crippen MR) is 74.1 cm³/mol. The van der Waals surface area contributed by atoms with Gasteiger partial charge >= 0.3 is 0 Å². The fraction of sp³-hybridized carbons (Fsp3) is 0.417. The van der Waals surface area contributed by atoms with Crippen molar-refractivity contribution in [3.05, 3.63) is 23.8 Å². The Morgan fingerprint density at radius 3 is 2.42 bits per heavy atom. The van der Waals surface area contributed by atoms with Gasteiger partial charge in [-0.15, -0.1) is 0 Å². The normalized spacial score (nSPS) is 13.1. The molecule has 0 heterocycles. The molecular formula is C12H19N3O3S. The highest BCUT2D eigenvalue weighted by molar-refractivity contribution is 7.89. The number of carbonyl (C=O) groups excluding carboxylic acids is 1. The maximum atomic E-state index is 12.1. The lowest BCUT2D eigenvalue weighted by atomic mass is 10.2. The summed E-state index contributed by atoms with van der Waals surface area (Å²) in [6.45, 7) is 3.29. The molecule has 0 fully saturated rings. The number of hydrogen-bond donors (Lipinski definition) is 2. The number of nitrogens with two attached hydrogens (primary N) is 1. The van der Waals surface area contributed by atoms with E-state index in [1.807, 2.05) is 0 Å². The first kappa shape index (κ1) is 15.5. The predicted octanol–water partition coefficient (Wildman–Crippen LogP) is 0.332. The molecule has 106 valence electrons. The summed E-state index contributed by atoms with van der Waals surface area (Å²) in [5.74, 6) is -0.316. The first-order valence-electron chi connectivity index (χ1n) is 5.75. The van der Waals surface area contributed by atoms with Gasteiger partial charge in [-0.1, -0.05) is 6.07 Å². The van der Waals surface area contributed by atoms with Crippen molar-refractivity contribution in [3.8, 4) is 0 Å². The Bertz CT molecular complexity index is 582. The topological polar surface area (TPSA) is 92.5 Å². The van der Waals surface area contributed by atoms with Crippen LogP contribution in [-0.2, 0) is 14.8 Å². The van der Waals surface area contributed by atoms with Gasteiger partial charge in [0.2, 0.25) is 15.9 Å². The summed E-state index contributed by atoms with van der Waals surface area (Å²) in [4.78, 5) is 13.0. The SMILES string of the molecule is Cc1ccc(S(=O)(=O)NC(C)C(=O)N(C)C)cc1N. The van der Waals surface area contributed by atoms with Crippen molar-refractivity contribution in [3.63, 3.8) is 0 Å². The van der Waals surface area contributed by atoms with Crippen LogP contribution in [0.5, 0.6) is 0 Å². The Morgan fingerprint density at radius 1 is 1.37 bits per heavy atom.